The van der Waals surface area contributed by atoms with E-state index in [4.69, 9.17) is 0 Å². The van der Waals surface area contributed by atoms with Crippen LogP contribution >= 0.6 is 61.6 Å². The molecule has 2 aromatic heterocycles. The number of benzene rings is 2. The summed E-state index contributed by atoms with van der Waals surface area (Å²) in [5.74, 6) is -0.701. The fraction of sp³-hybridized carbons (Fsp3) is 0.154. The predicted molar refractivity (Wildman–Crippen MR) is 157 cm³/mol. The number of nitrogens with zero attached hydrogens (tertiary/aromatic N) is 1. The SMILES string of the molecule is Fc1ccc(C2=NCCc3sccc32)cc1.O=C(NCCc1cccs1)c1ccc(F)cc1.O=P(Cl)(Cl)Cl. The quantitative estimate of drug-likeness (QED) is 0.223. The third-order valence-electron chi connectivity index (χ3n) is 5.07. The van der Waals surface area contributed by atoms with Crippen molar-refractivity contribution in [1.29, 1.82) is 0 Å². The molecule has 0 unspecified atom stereocenters. The Hall–Kier alpha value is -2.06. The molecule has 4 nitrogen and oxygen atoms in total. The Morgan fingerprint density at radius 2 is 1.55 bits per heavy atom. The third-order valence-corrected chi connectivity index (χ3v) is 6.99. The predicted octanol–water partition coefficient (Wildman–Crippen LogP) is 8.95. The molecule has 38 heavy (non-hydrogen) atoms. The molecule has 1 aliphatic rings. The van der Waals surface area contributed by atoms with Crippen molar-refractivity contribution in [2.45, 2.75) is 12.8 Å². The smallest absolute Gasteiger partial charge is 0.339 e. The van der Waals surface area contributed by atoms with Crippen molar-refractivity contribution in [1.82, 2.24) is 5.32 Å². The zero-order valence-corrected chi connectivity index (χ0v) is 24.5. The molecule has 3 heterocycles. The van der Waals surface area contributed by atoms with Crippen molar-refractivity contribution in [3.05, 3.63) is 116 Å². The van der Waals surface area contributed by atoms with Crippen molar-refractivity contribution >= 4 is 73.2 Å². The van der Waals surface area contributed by atoms with Gasteiger partial charge in [0.1, 0.15) is 11.6 Å². The summed E-state index contributed by atoms with van der Waals surface area (Å²) < 4.78 is 35.0. The summed E-state index contributed by atoms with van der Waals surface area (Å²) in [5.41, 5.74) is 3.70. The van der Waals surface area contributed by atoms with Crippen LogP contribution in [0.5, 0.6) is 0 Å². The van der Waals surface area contributed by atoms with Crippen LogP contribution in [-0.2, 0) is 17.4 Å². The summed E-state index contributed by atoms with van der Waals surface area (Å²) in [4.78, 5) is 18.8. The van der Waals surface area contributed by atoms with E-state index in [1.807, 2.05) is 17.5 Å². The van der Waals surface area contributed by atoms with E-state index in [-0.39, 0.29) is 17.5 Å². The lowest BCUT2D eigenvalue weighted by Crippen LogP contribution is -2.25. The summed E-state index contributed by atoms with van der Waals surface area (Å²) in [6.45, 7) is 1.43. The first-order valence-corrected chi connectivity index (χ1v) is 17.4. The van der Waals surface area contributed by atoms with Gasteiger partial charge in [0, 0.05) is 46.0 Å². The molecular formula is C26H22Cl3F2N2O2PS2. The van der Waals surface area contributed by atoms with Gasteiger partial charge >= 0.3 is 5.20 Å². The Labute approximate surface area is 242 Å². The first-order chi connectivity index (χ1) is 18.1. The van der Waals surface area contributed by atoms with Crippen LogP contribution in [0, 0.1) is 11.6 Å². The summed E-state index contributed by atoms with van der Waals surface area (Å²) in [5, 5.41) is 3.68. The van der Waals surface area contributed by atoms with Gasteiger partial charge in [0.2, 0.25) is 0 Å². The van der Waals surface area contributed by atoms with Gasteiger partial charge in [0.15, 0.2) is 0 Å². The van der Waals surface area contributed by atoms with Crippen LogP contribution in [0.25, 0.3) is 0 Å². The van der Waals surface area contributed by atoms with Crippen LogP contribution in [-0.4, -0.2) is 24.7 Å². The minimum absolute atomic E-state index is 0.165. The molecule has 0 bridgehead atoms. The van der Waals surface area contributed by atoms with E-state index in [9.17, 15) is 18.1 Å². The highest BCUT2D eigenvalue weighted by Crippen LogP contribution is 2.61. The van der Waals surface area contributed by atoms with Crippen LogP contribution in [0.4, 0.5) is 8.78 Å². The van der Waals surface area contributed by atoms with Crippen molar-refractivity contribution < 1.29 is 18.1 Å². The molecule has 0 saturated carbocycles. The van der Waals surface area contributed by atoms with Gasteiger partial charge in [-0.25, -0.2) is 8.78 Å². The number of thiophene rings is 2. The van der Waals surface area contributed by atoms with E-state index in [0.29, 0.717) is 12.1 Å². The van der Waals surface area contributed by atoms with Crippen molar-refractivity contribution in [2.75, 3.05) is 13.1 Å². The average molecular weight is 634 g/mol. The van der Waals surface area contributed by atoms with E-state index in [0.717, 1.165) is 30.7 Å². The standard InChI is InChI=1S/C13H12FNOS.C13H10FNS.Cl3OP/c14-11-5-3-10(4-6-11)13(16)15-8-7-12-2-1-9-17-12;14-10-3-1-9(2-4-10)13-11-6-8-16-12(11)5-7-15-13;1-5(2,3)4/h1-6,9H,7-8H2,(H,15,16);1-4,6,8H,5,7H2;. The maximum atomic E-state index is 12.9. The molecule has 0 atom stereocenters. The first-order valence-electron chi connectivity index (χ1n) is 11.2. The molecule has 1 amide bonds. The number of aliphatic imine (C=N–C) groups is 1. The lowest BCUT2D eigenvalue weighted by Gasteiger charge is -2.12. The summed E-state index contributed by atoms with van der Waals surface area (Å²) in [6.07, 6.45) is 1.85. The van der Waals surface area contributed by atoms with Crippen molar-refractivity contribution in [3.63, 3.8) is 0 Å². The van der Waals surface area contributed by atoms with Crippen LogP contribution in [0.1, 0.15) is 31.2 Å². The van der Waals surface area contributed by atoms with E-state index in [1.165, 1.54) is 51.7 Å². The Morgan fingerprint density at radius 3 is 2.16 bits per heavy atom. The third kappa shape index (κ3) is 10.6. The van der Waals surface area contributed by atoms with Gasteiger partial charge in [0.05, 0.1) is 5.71 Å². The molecule has 0 saturated heterocycles. The molecule has 200 valence electrons. The number of carbonyl (C=O) groups excluding carboxylic acids is 1. The lowest BCUT2D eigenvalue weighted by atomic mass is 10.00. The topological polar surface area (TPSA) is 58.5 Å². The van der Waals surface area contributed by atoms with Crippen molar-refractivity contribution in [3.8, 4) is 0 Å². The minimum Gasteiger partial charge on any atom is -0.352 e. The molecule has 1 N–H and O–H groups in total. The van der Waals surface area contributed by atoms with Crippen molar-refractivity contribution in [2.24, 2.45) is 4.99 Å². The van der Waals surface area contributed by atoms with E-state index < -0.39 is 5.20 Å². The van der Waals surface area contributed by atoms with Gasteiger partial charge in [-0.2, -0.15) is 0 Å². The number of carbonyl (C=O) groups is 1. The number of halogens is 5. The first kappa shape index (κ1) is 30.5. The highest BCUT2D eigenvalue weighted by atomic mass is 36.0. The fourth-order valence-electron chi connectivity index (χ4n) is 3.41. The maximum Gasteiger partial charge on any atom is 0.339 e. The Bertz CT molecular complexity index is 1380. The molecule has 0 radical (unpaired) electrons. The number of nitrogens with one attached hydrogen (secondary N) is 1. The number of hydrogen-bond acceptors (Lipinski definition) is 5. The fourth-order valence-corrected chi connectivity index (χ4v) is 4.99. The van der Waals surface area contributed by atoms with Gasteiger partial charge in [-0.15, -0.1) is 22.7 Å². The summed E-state index contributed by atoms with van der Waals surface area (Å²) >= 11 is 17.3. The molecule has 12 heteroatoms. The molecule has 4 aromatic rings. The summed E-state index contributed by atoms with van der Waals surface area (Å²) in [6, 6.07) is 18.2. The maximum absolute atomic E-state index is 12.9. The average Bonchev–Trinajstić information content (AvgIpc) is 3.56. The van der Waals surface area contributed by atoms with Gasteiger partial charge < -0.3 is 5.32 Å². The lowest BCUT2D eigenvalue weighted by molar-refractivity contribution is 0.0954. The molecule has 0 fully saturated rings. The zero-order valence-electron chi connectivity index (χ0n) is 19.8. The van der Waals surface area contributed by atoms with Gasteiger partial charge in [-0.1, -0.05) is 6.07 Å². The van der Waals surface area contributed by atoms with E-state index in [1.54, 1.807) is 34.8 Å². The van der Waals surface area contributed by atoms with Crippen LogP contribution < -0.4 is 5.32 Å². The van der Waals surface area contributed by atoms with Crippen LogP contribution in [0.3, 0.4) is 0 Å². The molecule has 2 aromatic carbocycles. The van der Waals surface area contributed by atoms with Gasteiger partial charge in [-0.3, -0.25) is 14.4 Å². The van der Waals surface area contributed by atoms with Gasteiger partial charge in [0.25, 0.3) is 5.91 Å². The molecule has 0 aliphatic carbocycles. The Morgan fingerprint density at radius 1 is 0.921 bits per heavy atom. The normalized spacial score (nSPS) is 12.2. The number of fused-ring (bicyclic) bond motifs is 1. The second-order valence-corrected chi connectivity index (χ2v) is 16.4. The number of amides is 1. The number of hydrogen-bond donors (Lipinski definition) is 1. The van der Waals surface area contributed by atoms with Gasteiger partial charge in [-0.05, 0) is 112 Å². The Balaban J connectivity index is 0.000000180. The Kier molecular flexibility index (Phi) is 12.0. The molecule has 0 spiro atoms. The number of rotatable bonds is 5. The zero-order chi connectivity index (χ0) is 27.5. The van der Waals surface area contributed by atoms with E-state index in [2.05, 4.69) is 55.5 Å². The van der Waals surface area contributed by atoms with Crippen LogP contribution in [0.2, 0.25) is 0 Å². The monoisotopic (exact) mass is 632 g/mol. The summed E-state index contributed by atoms with van der Waals surface area (Å²) in [7, 11) is 0. The minimum atomic E-state index is -3.22. The van der Waals surface area contributed by atoms with Crippen LogP contribution in [0.15, 0.2) is 82.5 Å². The molecule has 5 rings (SSSR count). The molecule has 1 aliphatic heterocycles. The second kappa shape index (κ2) is 14.9. The largest absolute Gasteiger partial charge is 0.352 e. The highest BCUT2D eigenvalue weighted by Gasteiger charge is 2.16. The van der Waals surface area contributed by atoms with E-state index >= 15 is 0 Å². The highest BCUT2D eigenvalue weighted by molar-refractivity contribution is 8.24. The second-order valence-electron chi connectivity index (χ2n) is 7.74. The molecular weight excluding hydrogens is 612 g/mol.